The Hall–Kier alpha value is -3.15. The Bertz CT molecular complexity index is 1010. The number of aryl methyl sites for hydroxylation is 1. The van der Waals surface area contributed by atoms with E-state index in [1.807, 2.05) is 37.3 Å². The first-order valence-corrected chi connectivity index (χ1v) is 8.41. The minimum absolute atomic E-state index is 0.0932. The molecule has 0 bridgehead atoms. The van der Waals surface area contributed by atoms with Crippen molar-refractivity contribution in [3.8, 4) is 0 Å². The van der Waals surface area contributed by atoms with Gasteiger partial charge in [0.05, 0.1) is 17.8 Å². The quantitative estimate of drug-likeness (QED) is 0.702. The van der Waals surface area contributed by atoms with Crippen LogP contribution in [0.15, 0.2) is 53.5 Å². The number of fused-ring (bicyclic) bond motifs is 1. The monoisotopic (exact) mass is 354 g/mol. The maximum Gasteiger partial charge on any atom is 0.343 e. The summed E-state index contributed by atoms with van der Waals surface area (Å²) in [6.07, 6.45) is 1.47. The van der Waals surface area contributed by atoms with Crippen LogP contribution in [-0.4, -0.2) is 17.1 Å². The fraction of sp³-hybridized carbons (Fsp3) is 0.200. The average Bonchev–Trinajstić information content (AvgIpc) is 2.64. The molecule has 0 spiro atoms. The van der Waals surface area contributed by atoms with Crippen molar-refractivity contribution in [3.05, 3.63) is 70.3 Å². The minimum atomic E-state index is -0.700. The van der Waals surface area contributed by atoms with Gasteiger partial charge in [0, 0.05) is 23.8 Å². The SMILES string of the molecule is CCOC(=O)c1cn(CC)c2cc(Nc3ccccc3)c(F)cc2c1=O. The van der Waals surface area contributed by atoms with E-state index in [0.717, 1.165) is 11.8 Å². The summed E-state index contributed by atoms with van der Waals surface area (Å²) in [4.78, 5) is 24.7. The fourth-order valence-corrected chi connectivity index (χ4v) is 2.80. The second-order valence-electron chi connectivity index (χ2n) is 5.72. The van der Waals surface area contributed by atoms with Gasteiger partial charge >= 0.3 is 5.97 Å². The van der Waals surface area contributed by atoms with Gasteiger partial charge in [-0.25, -0.2) is 9.18 Å². The Balaban J connectivity index is 2.16. The molecule has 1 heterocycles. The summed E-state index contributed by atoms with van der Waals surface area (Å²) >= 11 is 0. The molecule has 0 saturated carbocycles. The van der Waals surface area contributed by atoms with Crippen molar-refractivity contribution < 1.29 is 13.9 Å². The molecule has 3 aromatic rings. The van der Waals surface area contributed by atoms with Crippen molar-refractivity contribution in [2.75, 3.05) is 11.9 Å². The molecule has 2 aromatic carbocycles. The highest BCUT2D eigenvalue weighted by molar-refractivity contribution is 5.94. The van der Waals surface area contributed by atoms with Gasteiger partial charge in [-0.05, 0) is 38.1 Å². The smallest absolute Gasteiger partial charge is 0.343 e. The topological polar surface area (TPSA) is 60.3 Å². The fourth-order valence-electron chi connectivity index (χ4n) is 2.80. The summed E-state index contributed by atoms with van der Waals surface area (Å²) in [6.45, 7) is 4.22. The number of halogens is 1. The molecule has 0 fully saturated rings. The maximum atomic E-state index is 14.6. The van der Waals surface area contributed by atoms with Crippen LogP contribution < -0.4 is 10.7 Å². The molecule has 134 valence electrons. The second-order valence-corrected chi connectivity index (χ2v) is 5.72. The Morgan fingerprint density at radius 2 is 1.92 bits per heavy atom. The molecule has 0 aliphatic rings. The molecule has 5 nitrogen and oxygen atoms in total. The number of carbonyl (C=O) groups excluding carboxylic acids is 1. The first kappa shape index (κ1) is 17.7. The first-order valence-electron chi connectivity index (χ1n) is 8.41. The van der Waals surface area contributed by atoms with E-state index in [2.05, 4.69) is 5.32 Å². The summed E-state index contributed by atoms with van der Waals surface area (Å²) < 4.78 is 21.2. The Morgan fingerprint density at radius 3 is 2.58 bits per heavy atom. The number of anilines is 2. The van der Waals surface area contributed by atoms with Gasteiger partial charge in [-0.15, -0.1) is 0 Å². The highest BCUT2D eigenvalue weighted by Crippen LogP contribution is 2.25. The number of carbonyl (C=O) groups is 1. The molecule has 6 heteroatoms. The third kappa shape index (κ3) is 3.31. The van der Waals surface area contributed by atoms with E-state index < -0.39 is 17.2 Å². The van der Waals surface area contributed by atoms with Gasteiger partial charge in [-0.3, -0.25) is 4.79 Å². The van der Waals surface area contributed by atoms with E-state index in [9.17, 15) is 14.0 Å². The number of ether oxygens (including phenoxy) is 1. The number of esters is 1. The Kier molecular flexibility index (Phi) is 5.02. The van der Waals surface area contributed by atoms with Crippen molar-refractivity contribution in [3.63, 3.8) is 0 Å². The number of benzene rings is 2. The lowest BCUT2D eigenvalue weighted by atomic mass is 10.1. The van der Waals surface area contributed by atoms with E-state index >= 15 is 0 Å². The number of para-hydroxylation sites is 1. The average molecular weight is 354 g/mol. The number of aromatic nitrogens is 1. The molecule has 0 amide bonds. The number of pyridine rings is 1. The van der Waals surface area contributed by atoms with Crippen LogP contribution in [-0.2, 0) is 11.3 Å². The van der Waals surface area contributed by atoms with Gasteiger partial charge in [0.15, 0.2) is 0 Å². The number of hydrogen-bond acceptors (Lipinski definition) is 4. The van der Waals surface area contributed by atoms with Gasteiger partial charge < -0.3 is 14.6 Å². The molecular weight excluding hydrogens is 335 g/mol. The van der Waals surface area contributed by atoms with Crippen LogP contribution in [0.2, 0.25) is 0 Å². The number of nitrogens with zero attached hydrogens (tertiary/aromatic N) is 1. The van der Waals surface area contributed by atoms with Crippen molar-refractivity contribution in [2.24, 2.45) is 0 Å². The van der Waals surface area contributed by atoms with Crippen LogP contribution >= 0.6 is 0 Å². The lowest BCUT2D eigenvalue weighted by Crippen LogP contribution is -2.21. The van der Waals surface area contributed by atoms with E-state index in [4.69, 9.17) is 4.74 Å². The molecule has 1 N–H and O–H groups in total. The third-order valence-electron chi connectivity index (χ3n) is 4.06. The second kappa shape index (κ2) is 7.39. The predicted molar refractivity (Wildman–Crippen MR) is 99.5 cm³/mol. The zero-order valence-corrected chi connectivity index (χ0v) is 14.6. The van der Waals surface area contributed by atoms with Crippen molar-refractivity contribution in [1.82, 2.24) is 4.57 Å². The number of rotatable bonds is 5. The highest BCUT2D eigenvalue weighted by Gasteiger charge is 2.18. The zero-order chi connectivity index (χ0) is 18.7. The summed E-state index contributed by atoms with van der Waals surface area (Å²) in [6, 6.07) is 11.9. The zero-order valence-electron chi connectivity index (χ0n) is 14.6. The van der Waals surface area contributed by atoms with Crippen LogP contribution in [0.25, 0.3) is 10.9 Å². The number of nitrogens with one attached hydrogen (secondary N) is 1. The van der Waals surface area contributed by atoms with Crippen LogP contribution in [0.1, 0.15) is 24.2 Å². The highest BCUT2D eigenvalue weighted by atomic mass is 19.1. The van der Waals surface area contributed by atoms with Gasteiger partial charge in [0.25, 0.3) is 0 Å². The van der Waals surface area contributed by atoms with Crippen molar-refractivity contribution in [1.29, 1.82) is 0 Å². The number of hydrogen-bond donors (Lipinski definition) is 1. The molecule has 0 aliphatic heterocycles. The summed E-state index contributed by atoms with van der Waals surface area (Å²) in [5.41, 5.74) is 0.913. The molecule has 26 heavy (non-hydrogen) atoms. The van der Waals surface area contributed by atoms with Crippen molar-refractivity contribution >= 4 is 28.2 Å². The van der Waals surface area contributed by atoms with Gasteiger partial charge in [0.1, 0.15) is 11.4 Å². The molecule has 0 atom stereocenters. The van der Waals surface area contributed by atoms with Crippen LogP contribution in [0.4, 0.5) is 15.8 Å². The molecule has 0 aliphatic carbocycles. The first-order chi connectivity index (χ1) is 12.5. The van der Waals surface area contributed by atoms with Crippen LogP contribution in [0.5, 0.6) is 0 Å². The third-order valence-corrected chi connectivity index (χ3v) is 4.06. The van der Waals surface area contributed by atoms with Crippen molar-refractivity contribution in [2.45, 2.75) is 20.4 Å². The Morgan fingerprint density at radius 1 is 1.19 bits per heavy atom. The molecule has 0 radical (unpaired) electrons. The molecule has 0 saturated heterocycles. The van der Waals surface area contributed by atoms with Gasteiger partial charge in [-0.1, -0.05) is 18.2 Å². The van der Waals surface area contributed by atoms with E-state index in [-0.39, 0.29) is 23.2 Å². The van der Waals surface area contributed by atoms with E-state index in [1.54, 1.807) is 17.6 Å². The van der Waals surface area contributed by atoms with Crippen LogP contribution in [0.3, 0.4) is 0 Å². The summed E-state index contributed by atoms with van der Waals surface area (Å²) in [5, 5.41) is 3.16. The largest absolute Gasteiger partial charge is 0.462 e. The lowest BCUT2D eigenvalue weighted by Gasteiger charge is -2.14. The molecule has 1 aromatic heterocycles. The molecule has 3 rings (SSSR count). The van der Waals surface area contributed by atoms with Gasteiger partial charge in [0.2, 0.25) is 5.43 Å². The summed E-state index contributed by atoms with van der Waals surface area (Å²) in [7, 11) is 0. The Labute approximate surface area is 150 Å². The predicted octanol–water partition coefficient (Wildman–Crippen LogP) is 4.08. The van der Waals surface area contributed by atoms with E-state index in [0.29, 0.717) is 12.1 Å². The standard InChI is InChI=1S/C20H19FN2O3/c1-3-23-12-15(20(25)26-4-2)19(24)14-10-16(21)17(11-18(14)23)22-13-8-6-5-7-9-13/h5-12,22H,3-4H2,1-2H3. The molecule has 0 unspecified atom stereocenters. The van der Waals surface area contributed by atoms with E-state index in [1.165, 1.54) is 6.20 Å². The lowest BCUT2D eigenvalue weighted by molar-refractivity contribution is 0.0524. The van der Waals surface area contributed by atoms with Gasteiger partial charge in [-0.2, -0.15) is 0 Å². The summed E-state index contributed by atoms with van der Waals surface area (Å²) in [5.74, 6) is -1.27. The minimum Gasteiger partial charge on any atom is -0.462 e. The normalized spacial score (nSPS) is 10.7. The van der Waals surface area contributed by atoms with Crippen LogP contribution in [0, 0.1) is 5.82 Å². The maximum absolute atomic E-state index is 14.6. The molecular formula is C20H19FN2O3.